The fourth-order valence-corrected chi connectivity index (χ4v) is 2.15. The van der Waals surface area contributed by atoms with Crippen LogP contribution in [0.1, 0.15) is 5.56 Å². The van der Waals surface area contributed by atoms with Gasteiger partial charge in [-0.3, -0.25) is 4.79 Å². The highest BCUT2D eigenvalue weighted by atomic mass is 32.1. The van der Waals surface area contributed by atoms with Crippen LogP contribution in [0.15, 0.2) is 41.1 Å². The Morgan fingerprint density at radius 1 is 1.31 bits per heavy atom. The van der Waals surface area contributed by atoms with E-state index in [1.54, 1.807) is 11.3 Å². The Morgan fingerprint density at radius 3 is 2.81 bits per heavy atom. The summed E-state index contributed by atoms with van der Waals surface area (Å²) in [6.07, 6.45) is 1.51. The van der Waals surface area contributed by atoms with Crippen LogP contribution in [0, 0.1) is 6.42 Å². The molecule has 0 saturated heterocycles. The lowest BCUT2D eigenvalue weighted by molar-refractivity contribution is -0.136. The standard InChI is InChI=1S/C13H11O2S/c1-15-13(14)8-10-4-2-3-5-12(10)11-6-7-16-9-11/h2-9H,1H3. The summed E-state index contributed by atoms with van der Waals surface area (Å²) in [4.78, 5) is 11.2. The smallest absolute Gasteiger partial charge is 0.314 e. The first-order valence-corrected chi connectivity index (χ1v) is 5.80. The van der Waals surface area contributed by atoms with Crippen LogP contribution in [0.3, 0.4) is 0 Å². The summed E-state index contributed by atoms with van der Waals surface area (Å²) in [5.74, 6) is -0.331. The van der Waals surface area contributed by atoms with Crippen LogP contribution in [0.5, 0.6) is 0 Å². The highest BCUT2D eigenvalue weighted by molar-refractivity contribution is 7.08. The van der Waals surface area contributed by atoms with E-state index in [1.165, 1.54) is 13.5 Å². The quantitative estimate of drug-likeness (QED) is 0.758. The van der Waals surface area contributed by atoms with Gasteiger partial charge in [0.1, 0.15) is 0 Å². The van der Waals surface area contributed by atoms with Crippen molar-refractivity contribution in [2.24, 2.45) is 0 Å². The van der Waals surface area contributed by atoms with Crippen molar-refractivity contribution in [3.05, 3.63) is 53.1 Å². The Kier molecular flexibility index (Phi) is 3.37. The second-order valence-electron chi connectivity index (χ2n) is 3.27. The maximum Gasteiger partial charge on any atom is 0.314 e. The molecule has 0 N–H and O–H groups in total. The number of rotatable bonds is 3. The zero-order chi connectivity index (χ0) is 11.4. The number of benzene rings is 1. The van der Waals surface area contributed by atoms with Gasteiger partial charge in [-0.05, 0) is 33.5 Å². The van der Waals surface area contributed by atoms with Crippen LogP contribution in [-0.4, -0.2) is 13.1 Å². The van der Waals surface area contributed by atoms with E-state index in [0.717, 1.165) is 16.7 Å². The molecule has 0 fully saturated rings. The van der Waals surface area contributed by atoms with Gasteiger partial charge in [0.2, 0.25) is 0 Å². The zero-order valence-corrected chi connectivity index (χ0v) is 9.66. The van der Waals surface area contributed by atoms with Gasteiger partial charge in [0, 0.05) is 0 Å². The lowest BCUT2D eigenvalue weighted by atomic mass is 10.00. The number of carbonyl (C=O) groups excluding carboxylic acids is 1. The average Bonchev–Trinajstić information content (AvgIpc) is 2.83. The normalized spacial score (nSPS) is 10.1. The molecule has 0 spiro atoms. The number of ether oxygens (including phenoxy) is 1. The van der Waals surface area contributed by atoms with E-state index in [4.69, 9.17) is 0 Å². The summed E-state index contributed by atoms with van der Waals surface area (Å²) >= 11 is 1.64. The second kappa shape index (κ2) is 4.94. The monoisotopic (exact) mass is 231 g/mol. The Balaban J connectivity index is 2.35. The number of hydrogen-bond donors (Lipinski definition) is 0. The van der Waals surface area contributed by atoms with Gasteiger partial charge in [-0.2, -0.15) is 11.3 Å². The van der Waals surface area contributed by atoms with E-state index < -0.39 is 0 Å². The van der Waals surface area contributed by atoms with Crippen LogP contribution < -0.4 is 0 Å². The highest BCUT2D eigenvalue weighted by Gasteiger charge is 2.09. The van der Waals surface area contributed by atoms with Crippen molar-refractivity contribution >= 4 is 17.3 Å². The van der Waals surface area contributed by atoms with Gasteiger partial charge in [-0.25, -0.2) is 0 Å². The van der Waals surface area contributed by atoms with Crippen LogP contribution in [0.4, 0.5) is 0 Å². The van der Waals surface area contributed by atoms with Crippen molar-refractivity contribution in [2.45, 2.75) is 0 Å². The average molecular weight is 231 g/mol. The van der Waals surface area contributed by atoms with E-state index in [1.807, 2.05) is 35.7 Å². The predicted molar refractivity (Wildman–Crippen MR) is 65.2 cm³/mol. The highest BCUT2D eigenvalue weighted by Crippen LogP contribution is 2.26. The van der Waals surface area contributed by atoms with Crippen LogP contribution in [0.25, 0.3) is 11.1 Å². The number of thiophene rings is 1. The SMILES string of the molecule is COC(=O)[CH]c1ccccc1-c1ccsc1. The zero-order valence-electron chi connectivity index (χ0n) is 8.84. The third-order valence-corrected chi connectivity index (χ3v) is 2.95. The Bertz CT molecular complexity index is 474. The third-order valence-electron chi connectivity index (χ3n) is 2.27. The van der Waals surface area contributed by atoms with E-state index in [9.17, 15) is 4.79 Å². The van der Waals surface area contributed by atoms with Crippen molar-refractivity contribution < 1.29 is 9.53 Å². The predicted octanol–water partition coefficient (Wildman–Crippen LogP) is 3.14. The third kappa shape index (κ3) is 2.31. The molecule has 0 amide bonds. The van der Waals surface area contributed by atoms with Gasteiger partial charge >= 0.3 is 5.97 Å². The molecule has 0 bridgehead atoms. The van der Waals surface area contributed by atoms with E-state index in [2.05, 4.69) is 10.1 Å². The molecule has 81 valence electrons. The molecule has 16 heavy (non-hydrogen) atoms. The molecule has 1 heterocycles. The molecule has 0 aliphatic heterocycles. The van der Waals surface area contributed by atoms with E-state index in [-0.39, 0.29) is 5.97 Å². The number of methoxy groups -OCH3 is 1. The molecule has 3 heteroatoms. The molecule has 1 aromatic carbocycles. The molecule has 0 atom stereocenters. The maximum atomic E-state index is 11.2. The van der Waals surface area contributed by atoms with Gasteiger partial charge < -0.3 is 4.74 Å². The summed E-state index contributed by atoms with van der Waals surface area (Å²) in [6, 6.07) is 9.81. The minimum atomic E-state index is -0.331. The van der Waals surface area contributed by atoms with Crippen LogP contribution >= 0.6 is 11.3 Å². The number of hydrogen-bond acceptors (Lipinski definition) is 3. The molecule has 0 saturated carbocycles. The molecule has 2 nitrogen and oxygen atoms in total. The maximum absolute atomic E-state index is 11.2. The summed E-state index contributed by atoms with van der Waals surface area (Å²) in [5.41, 5.74) is 3.06. The van der Waals surface area contributed by atoms with Gasteiger partial charge in [0.25, 0.3) is 0 Å². The Labute approximate surface area is 98.5 Å². The molecular formula is C13H11O2S. The van der Waals surface area contributed by atoms with Gasteiger partial charge in [-0.15, -0.1) is 0 Å². The fourth-order valence-electron chi connectivity index (χ4n) is 1.49. The molecule has 0 aliphatic carbocycles. The lowest BCUT2D eigenvalue weighted by Crippen LogP contribution is -2.02. The Morgan fingerprint density at radius 2 is 2.12 bits per heavy atom. The lowest BCUT2D eigenvalue weighted by Gasteiger charge is -2.06. The van der Waals surface area contributed by atoms with Crippen LogP contribution in [0.2, 0.25) is 0 Å². The topological polar surface area (TPSA) is 26.3 Å². The Hall–Kier alpha value is -1.61. The van der Waals surface area contributed by atoms with Gasteiger partial charge in [0.15, 0.2) is 0 Å². The van der Waals surface area contributed by atoms with Gasteiger partial charge in [-0.1, -0.05) is 24.3 Å². The molecule has 1 radical (unpaired) electrons. The summed E-state index contributed by atoms with van der Waals surface area (Å²) in [6.45, 7) is 0. The second-order valence-corrected chi connectivity index (χ2v) is 4.05. The minimum Gasteiger partial charge on any atom is -0.469 e. The van der Waals surface area contributed by atoms with Crippen molar-refractivity contribution in [2.75, 3.05) is 7.11 Å². The van der Waals surface area contributed by atoms with Crippen molar-refractivity contribution in [3.8, 4) is 11.1 Å². The molecule has 0 aliphatic rings. The number of carbonyl (C=O) groups is 1. The molecule has 2 aromatic rings. The minimum absolute atomic E-state index is 0.331. The molecule has 1 aromatic heterocycles. The van der Waals surface area contributed by atoms with E-state index in [0.29, 0.717) is 0 Å². The number of esters is 1. The molecule has 0 unspecified atom stereocenters. The van der Waals surface area contributed by atoms with Crippen molar-refractivity contribution in [3.63, 3.8) is 0 Å². The van der Waals surface area contributed by atoms with Crippen molar-refractivity contribution in [1.29, 1.82) is 0 Å². The summed E-state index contributed by atoms with van der Waals surface area (Å²) in [7, 11) is 1.38. The van der Waals surface area contributed by atoms with Crippen molar-refractivity contribution in [1.82, 2.24) is 0 Å². The largest absolute Gasteiger partial charge is 0.469 e. The molecule has 2 rings (SSSR count). The summed E-state index contributed by atoms with van der Waals surface area (Å²) < 4.78 is 4.63. The fraction of sp³-hybridized carbons (Fsp3) is 0.0769. The van der Waals surface area contributed by atoms with E-state index >= 15 is 0 Å². The van der Waals surface area contributed by atoms with Gasteiger partial charge in [0.05, 0.1) is 13.5 Å². The molecular weight excluding hydrogens is 220 g/mol. The first kappa shape index (κ1) is 10.9. The summed E-state index contributed by atoms with van der Waals surface area (Å²) in [5, 5.41) is 4.08. The van der Waals surface area contributed by atoms with Crippen LogP contribution in [-0.2, 0) is 9.53 Å². The first-order valence-electron chi connectivity index (χ1n) is 4.85. The first-order chi connectivity index (χ1) is 7.81.